The van der Waals surface area contributed by atoms with Crippen LogP contribution in [0.2, 0.25) is 5.02 Å². The average Bonchev–Trinajstić information content (AvgIpc) is 3.25. The lowest BCUT2D eigenvalue weighted by molar-refractivity contribution is -0.115. The molecule has 1 unspecified atom stereocenters. The van der Waals surface area contributed by atoms with E-state index in [1.165, 1.54) is 11.8 Å². The zero-order valence-corrected chi connectivity index (χ0v) is 19.5. The minimum atomic E-state index is -0.299. The molecule has 0 fully saturated rings. The number of halogens is 1. The van der Waals surface area contributed by atoms with Crippen LogP contribution in [0.5, 0.6) is 0 Å². The van der Waals surface area contributed by atoms with E-state index in [9.17, 15) is 4.79 Å². The molecule has 1 amide bonds. The molecule has 1 aromatic heterocycles. The molecule has 4 nitrogen and oxygen atoms in total. The van der Waals surface area contributed by atoms with E-state index in [2.05, 4.69) is 22.4 Å². The van der Waals surface area contributed by atoms with Gasteiger partial charge in [0.05, 0.1) is 16.6 Å². The minimum absolute atomic E-state index is 0.0678. The van der Waals surface area contributed by atoms with Crippen molar-refractivity contribution in [3.8, 4) is 22.5 Å². The molecule has 0 saturated heterocycles. The number of amides is 1. The van der Waals surface area contributed by atoms with Crippen molar-refractivity contribution in [2.45, 2.75) is 30.7 Å². The lowest BCUT2D eigenvalue weighted by Gasteiger charge is -2.15. The fourth-order valence-corrected chi connectivity index (χ4v) is 4.52. The van der Waals surface area contributed by atoms with Crippen LogP contribution in [0.15, 0.2) is 84.0 Å². The van der Waals surface area contributed by atoms with E-state index < -0.39 is 0 Å². The second-order valence-corrected chi connectivity index (χ2v) is 9.01. The van der Waals surface area contributed by atoms with Gasteiger partial charge in [0.2, 0.25) is 5.91 Å². The number of hydrogen-bond donors (Lipinski definition) is 2. The number of nitrogens with one attached hydrogen (secondary N) is 2. The van der Waals surface area contributed by atoms with Crippen LogP contribution in [0.3, 0.4) is 0 Å². The largest absolute Gasteiger partial charge is 0.332 e. The third-order valence-corrected chi connectivity index (χ3v) is 6.89. The Bertz CT molecular complexity index is 1150. The summed E-state index contributed by atoms with van der Waals surface area (Å²) in [7, 11) is 0. The molecule has 32 heavy (non-hydrogen) atoms. The number of anilines is 1. The van der Waals surface area contributed by atoms with Gasteiger partial charge in [0, 0.05) is 21.8 Å². The van der Waals surface area contributed by atoms with Crippen LogP contribution in [0, 0.1) is 6.92 Å². The zero-order valence-electron chi connectivity index (χ0n) is 17.9. The normalized spacial score (nSPS) is 11.8. The Morgan fingerprint density at radius 1 is 1.00 bits per heavy atom. The number of imidazole rings is 1. The summed E-state index contributed by atoms with van der Waals surface area (Å²) in [5.74, 6) is -0.0678. The fraction of sp³-hybridized carbons (Fsp3) is 0.154. The Kier molecular flexibility index (Phi) is 6.98. The van der Waals surface area contributed by atoms with E-state index in [4.69, 9.17) is 16.6 Å². The molecule has 1 atom stereocenters. The van der Waals surface area contributed by atoms with E-state index >= 15 is 0 Å². The summed E-state index contributed by atoms with van der Waals surface area (Å²) in [6, 6.07) is 25.7. The van der Waals surface area contributed by atoms with Gasteiger partial charge in [-0.15, -0.1) is 0 Å². The van der Waals surface area contributed by atoms with Gasteiger partial charge in [0.1, 0.15) is 0 Å². The van der Waals surface area contributed by atoms with E-state index in [1.807, 2.05) is 80.6 Å². The van der Waals surface area contributed by atoms with Crippen LogP contribution in [0.25, 0.3) is 22.5 Å². The SMILES string of the molecule is CCC(Sc1nc(-c2ccccc2)c(-c2ccccc2)[nH]1)C(=O)Nc1cccc(Cl)c1C. The summed E-state index contributed by atoms with van der Waals surface area (Å²) in [5, 5.41) is 4.07. The molecule has 4 aromatic rings. The first-order valence-electron chi connectivity index (χ1n) is 10.5. The van der Waals surface area contributed by atoms with E-state index in [1.54, 1.807) is 0 Å². The number of benzene rings is 3. The van der Waals surface area contributed by atoms with Gasteiger partial charge in [0.15, 0.2) is 5.16 Å². The first-order valence-corrected chi connectivity index (χ1v) is 11.8. The number of nitrogens with zero attached hydrogens (tertiary/aromatic N) is 1. The van der Waals surface area contributed by atoms with Crippen molar-refractivity contribution in [3.63, 3.8) is 0 Å². The van der Waals surface area contributed by atoms with Crippen LogP contribution in [-0.2, 0) is 4.79 Å². The van der Waals surface area contributed by atoms with E-state index in [0.29, 0.717) is 16.6 Å². The van der Waals surface area contributed by atoms with Crippen LogP contribution in [-0.4, -0.2) is 21.1 Å². The molecule has 1 heterocycles. The number of hydrogen-bond acceptors (Lipinski definition) is 3. The van der Waals surface area contributed by atoms with Gasteiger partial charge in [-0.25, -0.2) is 4.98 Å². The number of thioether (sulfide) groups is 1. The summed E-state index contributed by atoms with van der Waals surface area (Å²) in [4.78, 5) is 21.3. The first kappa shape index (κ1) is 22.2. The Morgan fingerprint density at radius 2 is 1.66 bits per heavy atom. The van der Waals surface area contributed by atoms with Gasteiger partial charge >= 0.3 is 0 Å². The minimum Gasteiger partial charge on any atom is -0.332 e. The molecule has 6 heteroatoms. The number of H-pyrrole nitrogens is 1. The second-order valence-electron chi connectivity index (χ2n) is 7.41. The zero-order chi connectivity index (χ0) is 22.5. The molecule has 0 aliphatic heterocycles. The van der Waals surface area contributed by atoms with Crippen molar-refractivity contribution in [1.82, 2.24) is 9.97 Å². The topological polar surface area (TPSA) is 57.8 Å². The maximum absolute atomic E-state index is 13.0. The quantitative estimate of drug-likeness (QED) is 0.286. The molecule has 0 spiro atoms. The number of aromatic nitrogens is 2. The molecule has 0 bridgehead atoms. The van der Waals surface area contributed by atoms with Crippen molar-refractivity contribution in [2.75, 3.05) is 5.32 Å². The highest BCUT2D eigenvalue weighted by molar-refractivity contribution is 8.00. The number of aromatic amines is 1. The van der Waals surface area contributed by atoms with Crippen LogP contribution >= 0.6 is 23.4 Å². The van der Waals surface area contributed by atoms with Gasteiger partial charge < -0.3 is 10.3 Å². The lowest BCUT2D eigenvalue weighted by atomic mass is 10.1. The average molecular weight is 462 g/mol. The molecule has 0 aliphatic rings. The van der Waals surface area contributed by atoms with Gasteiger partial charge in [0.25, 0.3) is 0 Å². The molecular formula is C26H24ClN3OS. The number of carbonyl (C=O) groups excluding carboxylic acids is 1. The van der Waals surface area contributed by atoms with Crippen LogP contribution < -0.4 is 5.32 Å². The van der Waals surface area contributed by atoms with Crippen LogP contribution in [0.4, 0.5) is 5.69 Å². The van der Waals surface area contributed by atoms with Gasteiger partial charge in [-0.3, -0.25) is 4.79 Å². The van der Waals surface area contributed by atoms with Gasteiger partial charge in [-0.05, 0) is 31.0 Å². The smallest absolute Gasteiger partial charge is 0.237 e. The molecular weight excluding hydrogens is 438 g/mol. The molecule has 3 aromatic carbocycles. The molecule has 0 saturated carbocycles. The maximum Gasteiger partial charge on any atom is 0.237 e. The number of carbonyl (C=O) groups is 1. The molecule has 0 radical (unpaired) electrons. The van der Waals surface area contributed by atoms with Crippen molar-refractivity contribution in [1.29, 1.82) is 0 Å². The maximum atomic E-state index is 13.0. The second kappa shape index (κ2) is 10.1. The standard InChI is InChI=1S/C26H24ClN3OS/c1-3-22(25(31)28-21-16-10-15-20(27)17(21)2)32-26-29-23(18-11-6-4-7-12-18)24(30-26)19-13-8-5-9-14-19/h4-16,22H,3H2,1-2H3,(H,28,31)(H,29,30). The number of rotatable bonds is 7. The van der Waals surface area contributed by atoms with Crippen molar-refractivity contribution in [3.05, 3.63) is 89.4 Å². The Hall–Kier alpha value is -3.02. The van der Waals surface area contributed by atoms with Crippen molar-refractivity contribution >= 4 is 35.0 Å². The highest BCUT2D eigenvalue weighted by Gasteiger charge is 2.22. The van der Waals surface area contributed by atoms with Crippen molar-refractivity contribution < 1.29 is 4.79 Å². The summed E-state index contributed by atoms with van der Waals surface area (Å²) in [5.41, 5.74) is 5.49. The fourth-order valence-electron chi connectivity index (χ4n) is 3.44. The summed E-state index contributed by atoms with van der Waals surface area (Å²) in [6.45, 7) is 3.90. The summed E-state index contributed by atoms with van der Waals surface area (Å²) in [6.07, 6.45) is 0.665. The van der Waals surface area contributed by atoms with E-state index in [-0.39, 0.29) is 11.2 Å². The predicted molar refractivity (Wildman–Crippen MR) is 134 cm³/mol. The highest BCUT2D eigenvalue weighted by Crippen LogP contribution is 2.34. The molecule has 2 N–H and O–H groups in total. The predicted octanol–water partition coefficient (Wildman–Crippen LogP) is 7.21. The Balaban J connectivity index is 1.62. The Labute approximate surface area is 197 Å². The van der Waals surface area contributed by atoms with Gasteiger partial charge in [-0.2, -0.15) is 0 Å². The molecule has 162 valence electrons. The summed E-state index contributed by atoms with van der Waals surface area (Å²) < 4.78 is 0. The first-order chi connectivity index (χ1) is 15.6. The highest BCUT2D eigenvalue weighted by atomic mass is 35.5. The van der Waals surface area contributed by atoms with E-state index in [0.717, 1.165) is 33.8 Å². The van der Waals surface area contributed by atoms with Crippen LogP contribution in [0.1, 0.15) is 18.9 Å². The lowest BCUT2D eigenvalue weighted by Crippen LogP contribution is -2.25. The summed E-state index contributed by atoms with van der Waals surface area (Å²) >= 11 is 7.64. The third kappa shape index (κ3) is 4.90. The monoisotopic (exact) mass is 461 g/mol. The van der Waals surface area contributed by atoms with Gasteiger partial charge in [-0.1, -0.05) is 97.0 Å². The molecule has 4 rings (SSSR count). The van der Waals surface area contributed by atoms with Crippen molar-refractivity contribution in [2.24, 2.45) is 0 Å². The third-order valence-electron chi connectivity index (χ3n) is 5.23. The Morgan fingerprint density at radius 3 is 2.31 bits per heavy atom. The molecule has 0 aliphatic carbocycles.